The van der Waals surface area contributed by atoms with Crippen LogP contribution in [0.1, 0.15) is 22.3 Å². The summed E-state index contributed by atoms with van der Waals surface area (Å²) in [6.45, 7) is 4.24. The first-order chi connectivity index (χ1) is 9.09. The van der Waals surface area contributed by atoms with E-state index < -0.39 is 11.7 Å². The zero-order chi connectivity index (χ0) is 13.8. The Hall–Kier alpha value is -1.75. The molecule has 0 aromatic heterocycles. The lowest BCUT2D eigenvalue weighted by molar-refractivity contribution is -0.126. The predicted molar refractivity (Wildman–Crippen MR) is 69.5 cm³/mol. The summed E-state index contributed by atoms with van der Waals surface area (Å²) in [6, 6.07) is 4.00. The van der Waals surface area contributed by atoms with Gasteiger partial charge in [0.2, 0.25) is 5.78 Å². The van der Waals surface area contributed by atoms with Gasteiger partial charge in [-0.1, -0.05) is 0 Å². The Kier molecular flexibility index (Phi) is 4.27. The Labute approximate surface area is 111 Å². The molecule has 2 rings (SSSR count). The summed E-state index contributed by atoms with van der Waals surface area (Å²) in [4.78, 5) is 25.7. The Morgan fingerprint density at radius 1 is 1.26 bits per heavy atom. The van der Waals surface area contributed by atoms with E-state index in [4.69, 9.17) is 0 Å². The van der Waals surface area contributed by atoms with E-state index in [-0.39, 0.29) is 11.4 Å². The van der Waals surface area contributed by atoms with E-state index in [1.54, 1.807) is 11.8 Å². The number of nitrogens with one attached hydrogen (secondary N) is 1. The summed E-state index contributed by atoms with van der Waals surface area (Å²) in [7, 11) is 0. The monoisotopic (exact) mass is 264 g/mol. The van der Waals surface area contributed by atoms with E-state index in [2.05, 4.69) is 5.32 Å². The van der Waals surface area contributed by atoms with Crippen molar-refractivity contribution in [3.63, 3.8) is 0 Å². The minimum absolute atomic E-state index is 0.251. The number of ketones is 1. The summed E-state index contributed by atoms with van der Waals surface area (Å²) in [5, 5.41) is 3.17. The van der Waals surface area contributed by atoms with Gasteiger partial charge in [-0.3, -0.25) is 9.59 Å². The standard InChI is InChI=1S/C14H17FN2O2/c1-10-9-11(3-4-12(10)15)13(18)14(19)17-7-2-5-16-6-8-17/h3-4,9,16H,2,5-8H2,1H3. The summed E-state index contributed by atoms with van der Waals surface area (Å²) in [5.41, 5.74) is 0.622. The molecule has 0 unspecified atom stereocenters. The van der Waals surface area contributed by atoms with E-state index in [1.807, 2.05) is 0 Å². The van der Waals surface area contributed by atoms with Crippen molar-refractivity contribution in [2.24, 2.45) is 0 Å². The van der Waals surface area contributed by atoms with Crippen LogP contribution in [0, 0.1) is 12.7 Å². The van der Waals surface area contributed by atoms with Gasteiger partial charge in [-0.15, -0.1) is 0 Å². The molecule has 0 atom stereocenters. The lowest BCUT2D eigenvalue weighted by Crippen LogP contribution is -2.38. The molecule has 0 spiro atoms. The van der Waals surface area contributed by atoms with Gasteiger partial charge in [-0.05, 0) is 43.7 Å². The number of hydrogen-bond acceptors (Lipinski definition) is 3. The van der Waals surface area contributed by atoms with Gasteiger partial charge in [0, 0.05) is 25.2 Å². The second-order valence-electron chi connectivity index (χ2n) is 4.69. The number of amides is 1. The van der Waals surface area contributed by atoms with Gasteiger partial charge < -0.3 is 10.2 Å². The molecule has 1 heterocycles. The Bertz CT molecular complexity index is 494. The lowest BCUT2D eigenvalue weighted by atomic mass is 10.1. The number of rotatable bonds is 2. The Morgan fingerprint density at radius 3 is 2.79 bits per heavy atom. The van der Waals surface area contributed by atoms with Crippen LogP contribution in [0.2, 0.25) is 0 Å². The van der Waals surface area contributed by atoms with E-state index in [9.17, 15) is 14.0 Å². The number of benzene rings is 1. The van der Waals surface area contributed by atoms with Crippen LogP contribution < -0.4 is 5.32 Å². The van der Waals surface area contributed by atoms with Crippen LogP contribution in [-0.2, 0) is 4.79 Å². The molecule has 1 aliphatic heterocycles. The molecular formula is C14H17FN2O2. The largest absolute Gasteiger partial charge is 0.334 e. The highest BCUT2D eigenvalue weighted by Gasteiger charge is 2.24. The third-order valence-corrected chi connectivity index (χ3v) is 3.24. The summed E-state index contributed by atoms with van der Waals surface area (Å²) >= 11 is 0. The molecule has 1 aromatic carbocycles. The third kappa shape index (κ3) is 3.17. The van der Waals surface area contributed by atoms with Crippen LogP contribution in [0.25, 0.3) is 0 Å². The molecule has 0 bridgehead atoms. The summed E-state index contributed by atoms with van der Waals surface area (Å²) in [5.74, 6) is -1.44. The second kappa shape index (κ2) is 5.93. The number of halogens is 1. The maximum atomic E-state index is 13.2. The minimum Gasteiger partial charge on any atom is -0.334 e. The van der Waals surface area contributed by atoms with Gasteiger partial charge in [0.25, 0.3) is 5.91 Å². The fraction of sp³-hybridized carbons (Fsp3) is 0.429. The van der Waals surface area contributed by atoms with Crippen LogP contribution >= 0.6 is 0 Å². The van der Waals surface area contributed by atoms with Crippen molar-refractivity contribution >= 4 is 11.7 Å². The molecule has 5 heteroatoms. The molecule has 1 N–H and O–H groups in total. The molecular weight excluding hydrogens is 247 g/mol. The van der Waals surface area contributed by atoms with Gasteiger partial charge in [-0.25, -0.2) is 4.39 Å². The molecule has 4 nitrogen and oxygen atoms in total. The SMILES string of the molecule is Cc1cc(C(=O)C(=O)N2CCCNCC2)ccc1F. The van der Waals surface area contributed by atoms with E-state index in [1.165, 1.54) is 18.2 Å². The number of aryl methyl sites for hydroxylation is 1. The van der Waals surface area contributed by atoms with E-state index >= 15 is 0 Å². The topological polar surface area (TPSA) is 49.4 Å². The highest BCUT2D eigenvalue weighted by Crippen LogP contribution is 2.11. The molecule has 1 aromatic rings. The van der Waals surface area contributed by atoms with Crippen LogP contribution in [0.15, 0.2) is 18.2 Å². The number of hydrogen-bond donors (Lipinski definition) is 1. The first-order valence-electron chi connectivity index (χ1n) is 6.40. The molecule has 1 aliphatic rings. The van der Waals surface area contributed by atoms with Crippen LogP contribution in [0.5, 0.6) is 0 Å². The molecule has 0 aliphatic carbocycles. The quantitative estimate of drug-likeness (QED) is 0.643. The van der Waals surface area contributed by atoms with Crippen LogP contribution in [0.4, 0.5) is 4.39 Å². The molecule has 19 heavy (non-hydrogen) atoms. The highest BCUT2D eigenvalue weighted by molar-refractivity contribution is 6.42. The van der Waals surface area contributed by atoms with Crippen molar-refractivity contribution < 1.29 is 14.0 Å². The van der Waals surface area contributed by atoms with Crippen molar-refractivity contribution in [2.75, 3.05) is 26.2 Å². The van der Waals surface area contributed by atoms with Gasteiger partial charge in [0.15, 0.2) is 0 Å². The fourth-order valence-electron chi connectivity index (χ4n) is 2.10. The van der Waals surface area contributed by atoms with Gasteiger partial charge in [-0.2, -0.15) is 0 Å². The molecule has 102 valence electrons. The maximum absolute atomic E-state index is 13.2. The van der Waals surface area contributed by atoms with Crippen LogP contribution in [-0.4, -0.2) is 42.8 Å². The van der Waals surface area contributed by atoms with E-state index in [0.29, 0.717) is 25.2 Å². The van der Waals surface area contributed by atoms with E-state index in [0.717, 1.165) is 13.0 Å². The van der Waals surface area contributed by atoms with Gasteiger partial charge in [0.1, 0.15) is 5.82 Å². The molecule has 0 radical (unpaired) electrons. The highest BCUT2D eigenvalue weighted by atomic mass is 19.1. The number of carbonyl (C=O) groups excluding carboxylic acids is 2. The third-order valence-electron chi connectivity index (χ3n) is 3.24. The minimum atomic E-state index is -0.565. The molecule has 0 saturated carbocycles. The molecule has 1 saturated heterocycles. The summed E-state index contributed by atoms with van der Waals surface area (Å²) in [6.07, 6.45) is 0.835. The average Bonchev–Trinajstić information content (AvgIpc) is 2.69. The van der Waals surface area contributed by atoms with Crippen molar-refractivity contribution in [1.29, 1.82) is 0 Å². The zero-order valence-corrected chi connectivity index (χ0v) is 10.9. The fourth-order valence-corrected chi connectivity index (χ4v) is 2.10. The number of Topliss-reactive ketones (excluding diaryl/α,β-unsaturated/α-hetero) is 1. The van der Waals surface area contributed by atoms with Crippen molar-refractivity contribution in [2.45, 2.75) is 13.3 Å². The lowest BCUT2D eigenvalue weighted by Gasteiger charge is -2.18. The van der Waals surface area contributed by atoms with Crippen molar-refractivity contribution in [1.82, 2.24) is 10.2 Å². The Balaban J connectivity index is 2.13. The summed E-state index contributed by atoms with van der Waals surface area (Å²) < 4.78 is 13.2. The number of carbonyl (C=O) groups is 2. The molecule has 1 amide bonds. The first kappa shape index (κ1) is 13.7. The second-order valence-corrected chi connectivity index (χ2v) is 4.69. The molecule has 1 fully saturated rings. The van der Waals surface area contributed by atoms with Crippen molar-refractivity contribution in [3.05, 3.63) is 35.1 Å². The number of nitrogens with zero attached hydrogens (tertiary/aromatic N) is 1. The van der Waals surface area contributed by atoms with Crippen LogP contribution in [0.3, 0.4) is 0 Å². The zero-order valence-electron chi connectivity index (χ0n) is 10.9. The Morgan fingerprint density at radius 2 is 2.05 bits per heavy atom. The maximum Gasteiger partial charge on any atom is 0.295 e. The van der Waals surface area contributed by atoms with Gasteiger partial charge in [0.05, 0.1) is 0 Å². The average molecular weight is 264 g/mol. The smallest absolute Gasteiger partial charge is 0.295 e. The van der Waals surface area contributed by atoms with Crippen molar-refractivity contribution in [3.8, 4) is 0 Å². The first-order valence-corrected chi connectivity index (χ1v) is 6.40. The predicted octanol–water partition coefficient (Wildman–Crippen LogP) is 1.14. The van der Waals surface area contributed by atoms with Gasteiger partial charge >= 0.3 is 0 Å². The normalized spacial score (nSPS) is 16.0.